The zero-order valence-corrected chi connectivity index (χ0v) is 19.8. The third-order valence-corrected chi connectivity index (χ3v) is 5.26. The fraction of sp³-hybridized carbons (Fsp3) is 0.810. The summed E-state index contributed by atoms with van der Waals surface area (Å²) in [5.74, 6) is -3.26. The number of aliphatic carboxylic acids is 1. The summed E-state index contributed by atoms with van der Waals surface area (Å²) in [6, 6.07) is -4.40. The Hall–Kier alpha value is -2.32. The molecule has 0 rings (SSSR count). The minimum atomic E-state index is -1.32. The standard InChI is InChI=1S/C21H43N7O6/c22-10-4-1-7-14(25)18(30)28-17(13-29)20(32)26-15(8-2-5-11-23)19(31)27-16(21(33)34)9-3-6-12-24/h14-17,29H,1-13,22-25H2,(H,26,32)(H,27,31)(H,28,30)(H,33,34). The van der Waals surface area contributed by atoms with Crippen LogP contribution >= 0.6 is 0 Å². The van der Waals surface area contributed by atoms with E-state index in [1.54, 1.807) is 0 Å². The van der Waals surface area contributed by atoms with E-state index in [0.717, 1.165) is 0 Å². The molecule has 3 amide bonds. The fourth-order valence-corrected chi connectivity index (χ4v) is 3.17. The van der Waals surface area contributed by atoms with Gasteiger partial charge in [0.15, 0.2) is 0 Å². The number of amides is 3. The summed E-state index contributed by atoms with van der Waals surface area (Å²) >= 11 is 0. The molecule has 13 nitrogen and oxygen atoms in total. The van der Waals surface area contributed by atoms with Crippen molar-refractivity contribution >= 4 is 23.7 Å². The summed E-state index contributed by atoms with van der Waals surface area (Å²) in [6.07, 6.45) is 4.33. The summed E-state index contributed by atoms with van der Waals surface area (Å²) in [5.41, 5.74) is 22.2. The predicted molar refractivity (Wildman–Crippen MR) is 127 cm³/mol. The van der Waals surface area contributed by atoms with Gasteiger partial charge in [-0.15, -0.1) is 0 Å². The Morgan fingerprint density at radius 1 is 0.618 bits per heavy atom. The number of carbonyl (C=O) groups excluding carboxylic acids is 3. The van der Waals surface area contributed by atoms with Crippen molar-refractivity contribution in [1.82, 2.24) is 16.0 Å². The van der Waals surface area contributed by atoms with Crippen LogP contribution in [-0.4, -0.2) is 84.3 Å². The van der Waals surface area contributed by atoms with Gasteiger partial charge in [-0.05, 0) is 71.0 Å². The Bertz CT molecular complexity index is 622. The van der Waals surface area contributed by atoms with Crippen LogP contribution in [0.2, 0.25) is 0 Å². The lowest BCUT2D eigenvalue weighted by Crippen LogP contribution is -2.58. The molecule has 0 aliphatic rings. The highest BCUT2D eigenvalue weighted by Gasteiger charge is 2.29. The van der Waals surface area contributed by atoms with E-state index in [9.17, 15) is 29.4 Å². The van der Waals surface area contributed by atoms with Gasteiger partial charge < -0.3 is 49.1 Å². The van der Waals surface area contributed by atoms with Gasteiger partial charge in [0, 0.05) is 0 Å². The highest BCUT2D eigenvalue weighted by Crippen LogP contribution is 2.06. The second-order valence-corrected chi connectivity index (χ2v) is 8.16. The molecule has 0 heterocycles. The Kier molecular flexibility index (Phi) is 17.7. The molecule has 0 aromatic carbocycles. The fourth-order valence-electron chi connectivity index (χ4n) is 3.17. The van der Waals surface area contributed by atoms with Crippen LogP contribution in [0, 0.1) is 0 Å². The second kappa shape index (κ2) is 19.0. The van der Waals surface area contributed by atoms with E-state index >= 15 is 0 Å². The molecule has 0 aliphatic carbocycles. The molecule has 198 valence electrons. The number of rotatable bonds is 20. The van der Waals surface area contributed by atoms with Crippen LogP contribution in [0.15, 0.2) is 0 Å². The van der Waals surface area contributed by atoms with Crippen LogP contribution in [0.5, 0.6) is 0 Å². The SMILES string of the molecule is NCCCCC(N)C(=O)NC(CO)C(=O)NC(CCCCN)C(=O)NC(CCCCN)C(=O)O. The lowest BCUT2D eigenvalue weighted by molar-refractivity contribution is -0.142. The monoisotopic (exact) mass is 489 g/mol. The number of aliphatic hydroxyl groups is 1. The van der Waals surface area contributed by atoms with Crippen molar-refractivity contribution in [1.29, 1.82) is 0 Å². The van der Waals surface area contributed by atoms with Crippen molar-refractivity contribution in [3.63, 3.8) is 0 Å². The minimum Gasteiger partial charge on any atom is -0.480 e. The molecule has 4 unspecified atom stereocenters. The summed E-state index contributed by atoms with van der Waals surface area (Å²) in [4.78, 5) is 49.3. The molecule has 0 aromatic rings. The van der Waals surface area contributed by atoms with E-state index in [1.165, 1.54) is 0 Å². The molecule has 0 fully saturated rings. The number of carboxylic acids is 1. The van der Waals surface area contributed by atoms with Crippen molar-refractivity contribution in [2.24, 2.45) is 22.9 Å². The van der Waals surface area contributed by atoms with Crippen LogP contribution in [0.4, 0.5) is 0 Å². The lowest BCUT2D eigenvalue weighted by Gasteiger charge is -2.24. The molecule has 0 saturated heterocycles. The highest BCUT2D eigenvalue weighted by atomic mass is 16.4. The molecule has 0 bridgehead atoms. The number of unbranched alkanes of at least 4 members (excludes halogenated alkanes) is 3. The number of carbonyl (C=O) groups is 4. The molecule has 0 aliphatic heterocycles. The topological polar surface area (TPSA) is 249 Å². The molecule has 0 spiro atoms. The van der Waals surface area contributed by atoms with Crippen molar-refractivity contribution < 1.29 is 29.4 Å². The van der Waals surface area contributed by atoms with Crippen molar-refractivity contribution in [3.8, 4) is 0 Å². The van der Waals surface area contributed by atoms with Gasteiger partial charge in [-0.3, -0.25) is 14.4 Å². The zero-order chi connectivity index (χ0) is 25.9. The summed E-state index contributed by atoms with van der Waals surface area (Å²) < 4.78 is 0. The van der Waals surface area contributed by atoms with Crippen LogP contribution in [-0.2, 0) is 19.2 Å². The first-order valence-electron chi connectivity index (χ1n) is 11.8. The van der Waals surface area contributed by atoms with Gasteiger partial charge in [-0.1, -0.05) is 6.42 Å². The third-order valence-electron chi connectivity index (χ3n) is 5.26. The van der Waals surface area contributed by atoms with Gasteiger partial charge in [0.05, 0.1) is 12.6 Å². The summed E-state index contributed by atoms with van der Waals surface area (Å²) in [5, 5.41) is 26.3. The number of hydrogen-bond donors (Lipinski definition) is 9. The van der Waals surface area contributed by atoms with Gasteiger partial charge in [-0.25, -0.2) is 4.79 Å². The van der Waals surface area contributed by atoms with Gasteiger partial charge >= 0.3 is 5.97 Å². The second-order valence-electron chi connectivity index (χ2n) is 8.16. The number of nitrogens with two attached hydrogens (primary N) is 4. The van der Waals surface area contributed by atoms with Crippen LogP contribution in [0.25, 0.3) is 0 Å². The van der Waals surface area contributed by atoms with Crippen molar-refractivity contribution in [2.45, 2.75) is 82.0 Å². The number of carboxylic acid groups (broad SMARTS) is 1. The largest absolute Gasteiger partial charge is 0.480 e. The van der Waals surface area contributed by atoms with Gasteiger partial charge in [0.2, 0.25) is 17.7 Å². The maximum atomic E-state index is 12.8. The average molecular weight is 490 g/mol. The lowest BCUT2D eigenvalue weighted by atomic mass is 10.1. The Morgan fingerprint density at radius 2 is 1.03 bits per heavy atom. The maximum Gasteiger partial charge on any atom is 0.326 e. The van der Waals surface area contributed by atoms with Gasteiger partial charge in [-0.2, -0.15) is 0 Å². The molecule has 34 heavy (non-hydrogen) atoms. The van der Waals surface area contributed by atoms with E-state index in [4.69, 9.17) is 22.9 Å². The van der Waals surface area contributed by atoms with E-state index in [-0.39, 0.29) is 12.8 Å². The minimum absolute atomic E-state index is 0.194. The van der Waals surface area contributed by atoms with E-state index < -0.39 is 54.5 Å². The van der Waals surface area contributed by atoms with Gasteiger partial charge in [0.25, 0.3) is 0 Å². The van der Waals surface area contributed by atoms with Crippen molar-refractivity contribution in [3.05, 3.63) is 0 Å². The number of nitrogens with one attached hydrogen (secondary N) is 3. The molecule has 0 saturated carbocycles. The van der Waals surface area contributed by atoms with E-state index in [1.807, 2.05) is 0 Å². The molecule has 4 atom stereocenters. The molecule has 0 radical (unpaired) electrons. The van der Waals surface area contributed by atoms with Crippen molar-refractivity contribution in [2.75, 3.05) is 26.2 Å². The molecule has 13 heteroatoms. The Balaban J connectivity index is 5.16. The van der Waals surface area contributed by atoms with Crippen LogP contribution in [0.3, 0.4) is 0 Å². The smallest absolute Gasteiger partial charge is 0.326 e. The summed E-state index contributed by atoms with van der Waals surface area (Å²) in [7, 11) is 0. The quantitative estimate of drug-likeness (QED) is 0.0796. The molecular formula is C21H43N7O6. The first-order valence-corrected chi connectivity index (χ1v) is 11.8. The zero-order valence-electron chi connectivity index (χ0n) is 19.8. The van der Waals surface area contributed by atoms with Crippen LogP contribution in [0.1, 0.15) is 57.8 Å². The molecule has 13 N–H and O–H groups in total. The predicted octanol–water partition coefficient (Wildman–Crippen LogP) is -2.77. The normalized spacial score (nSPS) is 14.5. The summed E-state index contributed by atoms with van der Waals surface area (Å²) in [6.45, 7) is 0.555. The Morgan fingerprint density at radius 3 is 1.50 bits per heavy atom. The maximum absolute atomic E-state index is 12.8. The third kappa shape index (κ3) is 13.4. The first kappa shape index (κ1) is 31.7. The number of hydrogen-bond acceptors (Lipinski definition) is 9. The van der Waals surface area contributed by atoms with E-state index in [2.05, 4.69) is 16.0 Å². The highest BCUT2D eigenvalue weighted by molar-refractivity contribution is 5.94. The average Bonchev–Trinajstić information content (AvgIpc) is 2.80. The first-order chi connectivity index (χ1) is 16.2. The van der Waals surface area contributed by atoms with Crippen LogP contribution < -0.4 is 38.9 Å². The number of aliphatic hydroxyl groups excluding tert-OH is 1. The molecular weight excluding hydrogens is 446 g/mol. The van der Waals surface area contributed by atoms with Gasteiger partial charge in [0.1, 0.15) is 18.1 Å². The molecule has 0 aromatic heterocycles. The Labute approximate surface area is 200 Å². The van der Waals surface area contributed by atoms with E-state index in [0.29, 0.717) is 64.6 Å².